The van der Waals surface area contributed by atoms with Gasteiger partial charge in [-0.25, -0.2) is 4.98 Å². The summed E-state index contributed by atoms with van der Waals surface area (Å²) < 4.78 is 6.52. The lowest BCUT2D eigenvalue weighted by atomic mass is 9.95. The number of carbonyl (C=O) groups excluding carboxylic acids is 2. The summed E-state index contributed by atoms with van der Waals surface area (Å²) in [5, 5.41) is 12.1. The minimum Gasteiger partial charge on any atom is -0.507 e. The van der Waals surface area contributed by atoms with Crippen LogP contribution in [0.25, 0.3) is 16.0 Å². The van der Waals surface area contributed by atoms with Gasteiger partial charge >= 0.3 is 5.91 Å². The summed E-state index contributed by atoms with van der Waals surface area (Å²) in [6, 6.07) is 18.7. The Kier molecular flexibility index (Phi) is 6.51. The van der Waals surface area contributed by atoms with Gasteiger partial charge in [0.15, 0.2) is 5.13 Å². The molecule has 1 atom stereocenters. The number of ether oxygens (including phenoxy) is 1. The van der Waals surface area contributed by atoms with Gasteiger partial charge in [-0.15, -0.1) is 0 Å². The van der Waals surface area contributed by atoms with Crippen molar-refractivity contribution in [3.05, 3.63) is 94.0 Å². The molecule has 1 saturated heterocycles. The minimum atomic E-state index is -0.888. The first-order valence-electron chi connectivity index (χ1n) is 11.5. The maximum Gasteiger partial charge on any atom is 0.301 e. The van der Waals surface area contributed by atoms with Crippen LogP contribution in [0, 0.1) is 6.92 Å². The van der Waals surface area contributed by atoms with Crippen molar-refractivity contribution >= 4 is 55.7 Å². The van der Waals surface area contributed by atoms with Crippen molar-refractivity contribution in [2.75, 3.05) is 11.5 Å². The Morgan fingerprint density at radius 1 is 1.11 bits per heavy atom. The van der Waals surface area contributed by atoms with Crippen LogP contribution in [-0.2, 0) is 9.59 Å². The van der Waals surface area contributed by atoms with Crippen LogP contribution in [0.5, 0.6) is 5.75 Å². The number of anilines is 1. The molecule has 1 aromatic heterocycles. The first kappa shape index (κ1) is 24.0. The molecule has 8 heteroatoms. The second-order valence-electron chi connectivity index (χ2n) is 8.56. The van der Waals surface area contributed by atoms with Crippen LogP contribution in [0.4, 0.5) is 5.13 Å². The van der Waals surface area contributed by atoms with Crippen molar-refractivity contribution in [2.24, 2.45) is 0 Å². The minimum absolute atomic E-state index is 0.0140. The predicted molar refractivity (Wildman–Crippen MR) is 143 cm³/mol. The number of aromatic nitrogens is 1. The van der Waals surface area contributed by atoms with Gasteiger partial charge < -0.3 is 9.84 Å². The van der Waals surface area contributed by atoms with Gasteiger partial charge in [-0.3, -0.25) is 14.5 Å². The summed E-state index contributed by atoms with van der Waals surface area (Å²) in [7, 11) is 0. The number of halogens is 1. The van der Waals surface area contributed by atoms with Crippen molar-refractivity contribution in [3.63, 3.8) is 0 Å². The molecule has 0 saturated carbocycles. The Balaban J connectivity index is 1.65. The fraction of sp³-hybridized carbons (Fsp3) is 0.179. The smallest absolute Gasteiger partial charge is 0.301 e. The lowest BCUT2D eigenvalue weighted by molar-refractivity contribution is -0.132. The average molecular weight is 519 g/mol. The number of hydrogen-bond donors (Lipinski definition) is 1. The molecule has 0 radical (unpaired) electrons. The van der Waals surface area contributed by atoms with Crippen molar-refractivity contribution in [3.8, 4) is 5.75 Å². The second kappa shape index (κ2) is 9.76. The number of fused-ring (bicyclic) bond motifs is 1. The van der Waals surface area contributed by atoms with E-state index < -0.39 is 17.7 Å². The quantitative estimate of drug-likeness (QED) is 0.175. The molecule has 1 N–H and O–H groups in total. The Morgan fingerprint density at radius 2 is 1.89 bits per heavy atom. The van der Waals surface area contributed by atoms with Crippen molar-refractivity contribution < 1.29 is 19.4 Å². The van der Waals surface area contributed by atoms with Crippen molar-refractivity contribution in [1.29, 1.82) is 0 Å². The number of benzene rings is 3. The Bertz CT molecular complexity index is 1510. The normalized spacial score (nSPS) is 17.2. The van der Waals surface area contributed by atoms with Gasteiger partial charge in [0.25, 0.3) is 5.78 Å². The molecule has 1 aliphatic heterocycles. The number of amides is 1. The molecule has 0 aliphatic carbocycles. The number of rotatable bonds is 6. The number of Topliss-reactive ketones (excluding diaryl/α,β-unsaturated/α-hetero) is 1. The summed E-state index contributed by atoms with van der Waals surface area (Å²) in [6.07, 6.45) is 0.871. The summed E-state index contributed by atoms with van der Waals surface area (Å²) in [4.78, 5) is 32.7. The highest BCUT2D eigenvalue weighted by Gasteiger charge is 2.48. The van der Waals surface area contributed by atoms with Gasteiger partial charge in [0.05, 0.1) is 28.4 Å². The largest absolute Gasteiger partial charge is 0.507 e. The van der Waals surface area contributed by atoms with E-state index in [1.807, 2.05) is 32.0 Å². The number of aliphatic hydroxyl groups is 1. The van der Waals surface area contributed by atoms with Gasteiger partial charge in [0.1, 0.15) is 11.5 Å². The lowest BCUT2D eigenvalue weighted by Crippen LogP contribution is -2.29. The molecule has 2 heterocycles. The Hall–Kier alpha value is -3.68. The monoisotopic (exact) mass is 518 g/mol. The summed E-state index contributed by atoms with van der Waals surface area (Å²) >= 11 is 7.61. The molecule has 1 fully saturated rings. The molecular weight excluding hydrogens is 496 g/mol. The predicted octanol–water partition coefficient (Wildman–Crippen LogP) is 6.67. The van der Waals surface area contributed by atoms with Crippen LogP contribution < -0.4 is 9.64 Å². The molecule has 6 nitrogen and oxygen atoms in total. The molecule has 3 aromatic carbocycles. The van der Waals surface area contributed by atoms with Crippen LogP contribution in [0.15, 0.2) is 72.3 Å². The van der Waals surface area contributed by atoms with E-state index in [4.69, 9.17) is 16.3 Å². The Morgan fingerprint density at radius 3 is 2.61 bits per heavy atom. The number of nitrogens with zero attached hydrogens (tertiary/aromatic N) is 2. The maximum absolute atomic E-state index is 13.4. The number of aryl methyl sites for hydroxylation is 1. The second-order valence-corrected chi connectivity index (χ2v) is 10.0. The SMILES string of the molecule is CCCOc1ccc(C(O)=C2C(=O)C(=O)N(c3nc4ccc(C)cc4s3)C2c2cccc(Cl)c2)cc1. The van der Waals surface area contributed by atoms with E-state index in [9.17, 15) is 14.7 Å². The molecule has 1 unspecified atom stereocenters. The van der Waals surface area contributed by atoms with Gasteiger partial charge in [0, 0.05) is 10.6 Å². The first-order valence-corrected chi connectivity index (χ1v) is 12.7. The molecule has 0 spiro atoms. The van der Waals surface area contributed by atoms with Gasteiger partial charge in [-0.1, -0.05) is 48.1 Å². The van der Waals surface area contributed by atoms with E-state index in [1.54, 1.807) is 48.5 Å². The summed E-state index contributed by atoms with van der Waals surface area (Å²) in [5.74, 6) is -1.13. The lowest BCUT2D eigenvalue weighted by Gasteiger charge is -2.23. The number of ketones is 1. The molecule has 1 aliphatic rings. The zero-order valence-corrected chi connectivity index (χ0v) is 21.3. The third-order valence-electron chi connectivity index (χ3n) is 5.95. The van der Waals surface area contributed by atoms with Gasteiger partial charge in [-0.2, -0.15) is 0 Å². The van der Waals surface area contributed by atoms with E-state index in [2.05, 4.69) is 4.98 Å². The number of thiazole rings is 1. The molecule has 36 heavy (non-hydrogen) atoms. The van der Waals surface area contributed by atoms with Crippen molar-refractivity contribution in [1.82, 2.24) is 4.98 Å². The van der Waals surface area contributed by atoms with Crippen LogP contribution in [0.3, 0.4) is 0 Å². The number of hydrogen-bond acceptors (Lipinski definition) is 6. The van der Waals surface area contributed by atoms with Crippen LogP contribution in [0.2, 0.25) is 5.02 Å². The molecule has 4 aromatic rings. The van der Waals surface area contributed by atoms with E-state index >= 15 is 0 Å². The Labute approximate surface area is 217 Å². The summed E-state index contributed by atoms with van der Waals surface area (Å²) in [5.41, 5.74) is 2.79. The molecule has 0 bridgehead atoms. The van der Waals surface area contributed by atoms with Crippen LogP contribution >= 0.6 is 22.9 Å². The third-order valence-corrected chi connectivity index (χ3v) is 7.20. The van der Waals surface area contributed by atoms with E-state index in [1.165, 1.54) is 16.2 Å². The fourth-order valence-electron chi connectivity index (χ4n) is 4.23. The standard InChI is InChI=1S/C28H23ClN2O4S/c1-3-13-35-20-10-8-17(9-11-20)25(32)23-24(18-5-4-6-19(29)15-18)31(27(34)26(23)33)28-30-21-12-7-16(2)14-22(21)36-28/h4-12,14-15,24,32H,3,13H2,1-2H3. The topological polar surface area (TPSA) is 79.7 Å². The zero-order chi connectivity index (χ0) is 25.4. The van der Waals surface area contributed by atoms with Crippen LogP contribution in [-0.4, -0.2) is 28.4 Å². The third kappa shape index (κ3) is 4.36. The molecule has 182 valence electrons. The summed E-state index contributed by atoms with van der Waals surface area (Å²) in [6.45, 7) is 4.57. The first-order chi connectivity index (χ1) is 17.4. The molecule has 1 amide bonds. The highest BCUT2D eigenvalue weighted by atomic mass is 35.5. The van der Waals surface area contributed by atoms with Gasteiger partial charge in [0.2, 0.25) is 0 Å². The van der Waals surface area contributed by atoms with E-state index in [0.29, 0.717) is 33.6 Å². The zero-order valence-electron chi connectivity index (χ0n) is 19.7. The highest BCUT2D eigenvalue weighted by molar-refractivity contribution is 7.22. The fourth-order valence-corrected chi connectivity index (χ4v) is 5.52. The van der Waals surface area contributed by atoms with Crippen molar-refractivity contribution in [2.45, 2.75) is 26.3 Å². The van der Waals surface area contributed by atoms with E-state index in [-0.39, 0.29) is 11.3 Å². The van der Waals surface area contributed by atoms with Crippen LogP contribution in [0.1, 0.15) is 36.1 Å². The van der Waals surface area contributed by atoms with Gasteiger partial charge in [-0.05, 0) is 73.0 Å². The molecule has 5 rings (SSSR count). The maximum atomic E-state index is 13.4. The number of carbonyl (C=O) groups is 2. The van der Waals surface area contributed by atoms with E-state index in [0.717, 1.165) is 22.2 Å². The number of aliphatic hydroxyl groups excluding tert-OH is 1. The highest BCUT2D eigenvalue weighted by Crippen LogP contribution is 2.44. The molecular formula is C28H23ClN2O4S. The average Bonchev–Trinajstić information content (AvgIpc) is 3.40.